The highest BCUT2D eigenvalue weighted by atomic mass is 32.1. The highest BCUT2D eigenvalue weighted by molar-refractivity contribution is 7.80. The van der Waals surface area contributed by atoms with Crippen LogP contribution in [0.5, 0.6) is 0 Å². The van der Waals surface area contributed by atoms with E-state index in [1.807, 2.05) is 4.90 Å². The van der Waals surface area contributed by atoms with Gasteiger partial charge < -0.3 is 4.90 Å². The first-order valence-corrected chi connectivity index (χ1v) is 5.94. The van der Waals surface area contributed by atoms with Gasteiger partial charge in [-0.15, -0.1) is 0 Å². The lowest BCUT2D eigenvalue weighted by Gasteiger charge is -2.20. The monoisotopic (exact) mass is 211 g/mol. The molecule has 1 fully saturated rings. The van der Waals surface area contributed by atoms with Crippen LogP contribution in [0.25, 0.3) is 0 Å². The number of rotatable bonds is 3. The van der Waals surface area contributed by atoms with Gasteiger partial charge in [-0.1, -0.05) is 11.6 Å². The molecule has 2 nitrogen and oxygen atoms in total. The maximum atomic E-state index is 11.4. The molecule has 1 aliphatic heterocycles. The molecule has 1 aliphatic carbocycles. The van der Waals surface area contributed by atoms with Gasteiger partial charge in [0.15, 0.2) is 0 Å². The van der Waals surface area contributed by atoms with Crippen LogP contribution in [-0.4, -0.2) is 22.7 Å². The summed E-state index contributed by atoms with van der Waals surface area (Å²) in [6.45, 7) is 0.874. The van der Waals surface area contributed by atoms with Gasteiger partial charge in [0, 0.05) is 13.0 Å². The van der Waals surface area contributed by atoms with Crippen molar-refractivity contribution in [3.63, 3.8) is 0 Å². The number of carbonyl (C=O) groups excluding carboxylic acids is 1. The second kappa shape index (κ2) is 4.39. The number of amides is 1. The summed E-state index contributed by atoms with van der Waals surface area (Å²) in [5.41, 5.74) is 1.53. The van der Waals surface area contributed by atoms with Gasteiger partial charge in [-0.05, 0) is 32.1 Å². The lowest BCUT2D eigenvalue weighted by atomic mass is 10.1. The third-order valence-electron chi connectivity index (χ3n) is 3.11. The minimum absolute atomic E-state index is 0.171. The zero-order chi connectivity index (χ0) is 9.97. The van der Waals surface area contributed by atoms with Crippen LogP contribution in [0.4, 0.5) is 0 Å². The predicted octanol–water partition coefficient (Wildman–Crippen LogP) is 2.37. The molecule has 1 unspecified atom stereocenters. The summed E-state index contributed by atoms with van der Waals surface area (Å²) in [6.07, 6.45) is 8.76. The van der Waals surface area contributed by atoms with Crippen molar-refractivity contribution in [1.82, 2.24) is 4.90 Å². The molecule has 1 saturated heterocycles. The van der Waals surface area contributed by atoms with E-state index in [1.165, 1.54) is 24.8 Å². The molecular weight excluding hydrogens is 194 g/mol. The fourth-order valence-electron chi connectivity index (χ4n) is 2.22. The summed E-state index contributed by atoms with van der Waals surface area (Å²) in [4.78, 5) is 13.4. The summed E-state index contributed by atoms with van der Waals surface area (Å²) in [7, 11) is 0. The van der Waals surface area contributed by atoms with Crippen LogP contribution >= 0.6 is 12.6 Å². The lowest BCUT2D eigenvalue weighted by molar-refractivity contribution is -0.128. The molecule has 0 radical (unpaired) electrons. The third kappa shape index (κ3) is 2.14. The molecule has 1 amide bonds. The van der Waals surface area contributed by atoms with E-state index in [9.17, 15) is 4.79 Å². The van der Waals surface area contributed by atoms with E-state index in [-0.39, 0.29) is 11.3 Å². The maximum Gasteiger partial charge on any atom is 0.223 e. The summed E-state index contributed by atoms with van der Waals surface area (Å²) >= 11 is 4.41. The zero-order valence-corrected chi connectivity index (χ0v) is 9.30. The molecule has 1 atom stereocenters. The third-order valence-corrected chi connectivity index (χ3v) is 3.64. The van der Waals surface area contributed by atoms with E-state index in [0.29, 0.717) is 6.42 Å². The Balaban J connectivity index is 1.81. The second-order valence-electron chi connectivity index (χ2n) is 4.11. The number of likely N-dealkylation sites (tertiary alicyclic amines) is 1. The number of thiol groups is 1. The summed E-state index contributed by atoms with van der Waals surface area (Å²) in [5.74, 6) is 0.281. The van der Waals surface area contributed by atoms with Crippen molar-refractivity contribution in [3.05, 3.63) is 11.6 Å². The SMILES string of the molecule is O=C1CCC(S)N1CCC1=CCCC1. The van der Waals surface area contributed by atoms with Crippen LogP contribution in [0, 0.1) is 0 Å². The largest absolute Gasteiger partial charge is 0.331 e. The highest BCUT2D eigenvalue weighted by Gasteiger charge is 2.27. The van der Waals surface area contributed by atoms with Crippen molar-refractivity contribution < 1.29 is 4.79 Å². The minimum atomic E-state index is 0.171. The summed E-state index contributed by atoms with van der Waals surface area (Å²) < 4.78 is 0. The van der Waals surface area contributed by atoms with E-state index in [0.717, 1.165) is 19.4 Å². The first-order valence-electron chi connectivity index (χ1n) is 5.43. The molecule has 1 heterocycles. The van der Waals surface area contributed by atoms with Gasteiger partial charge in [0.1, 0.15) is 0 Å². The summed E-state index contributed by atoms with van der Waals surface area (Å²) in [6, 6.07) is 0. The van der Waals surface area contributed by atoms with Crippen molar-refractivity contribution in [2.24, 2.45) is 0 Å². The first-order chi connectivity index (χ1) is 6.77. The number of nitrogens with zero attached hydrogens (tertiary/aromatic N) is 1. The standard InChI is InChI=1S/C11H17NOS/c13-10-5-6-11(14)12(10)8-7-9-3-1-2-4-9/h3,11,14H,1-2,4-8H2. The fourth-order valence-corrected chi connectivity index (χ4v) is 2.59. The van der Waals surface area contributed by atoms with E-state index in [1.54, 1.807) is 0 Å². The quantitative estimate of drug-likeness (QED) is 0.561. The van der Waals surface area contributed by atoms with E-state index in [2.05, 4.69) is 18.7 Å². The van der Waals surface area contributed by atoms with Gasteiger partial charge in [-0.25, -0.2) is 0 Å². The van der Waals surface area contributed by atoms with Crippen LogP contribution in [0.3, 0.4) is 0 Å². The number of carbonyl (C=O) groups is 1. The normalized spacial score (nSPS) is 27.2. The molecule has 78 valence electrons. The minimum Gasteiger partial charge on any atom is -0.331 e. The van der Waals surface area contributed by atoms with E-state index < -0.39 is 0 Å². The van der Waals surface area contributed by atoms with Crippen molar-refractivity contribution in [3.8, 4) is 0 Å². The van der Waals surface area contributed by atoms with Crippen LogP contribution < -0.4 is 0 Å². The molecule has 0 N–H and O–H groups in total. The fraction of sp³-hybridized carbons (Fsp3) is 0.727. The first kappa shape index (κ1) is 10.1. The van der Waals surface area contributed by atoms with Crippen LogP contribution in [0.1, 0.15) is 38.5 Å². The Hall–Kier alpha value is -0.440. The predicted molar refractivity (Wildman–Crippen MR) is 60.3 cm³/mol. The second-order valence-corrected chi connectivity index (χ2v) is 4.71. The highest BCUT2D eigenvalue weighted by Crippen LogP contribution is 2.25. The molecule has 2 rings (SSSR count). The molecule has 0 aromatic heterocycles. The zero-order valence-electron chi connectivity index (χ0n) is 8.41. The average molecular weight is 211 g/mol. The number of hydrogen-bond acceptors (Lipinski definition) is 2. The van der Waals surface area contributed by atoms with E-state index >= 15 is 0 Å². The molecule has 2 aliphatic rings. The van der Waals surface area contributed by atoms with Gasteiger partial charge in [-0.3, -0.25) is 4.79 Å². The van der Waals surface area contributed by atoms with Gasteiger partial charge >= 0.3 is 0 Å². The average Bonchev–Trinajstić information content (AvgIpc) is 2.76. The molecule has 0 bridgehead atoms. The van der Waals surface area contributed by atoms with Crippen molar-refractivity contribution in [2.75, 3.05) is 6.54 Å². The Morgan fingerprint density at radius 2 is 2.36 bits per heavy atom. The van der Waals surface area contributed by atoms with Crippen LogP contribution in [0.15, 0.2) is 11.6 Å². The van der Waals surface area contributed by atoms with E-state index in [4.69, 9.17) is 0 Å². The maximum absolute atomic E-state index is 11.4. The Morgan fingerprint density at radius 3 is 2.93 bits per heavy atom. The summed E-state index contributed by atoms with van der Waals surface area (Å²) in [5, 5.41) is 0.171. The topological polar surface area (TPSA) is 20.3 Å². The number of allylic oxidation sites excluding steroid dienone is 1. The molecule has 0 aromatic carbocycles. The van der Waals surface area contributed by atoms with Crippen LogP contribution in [0.2, 0.25) is 0 Å². The molecule has 0 saturated carbocycles. The van der Waals surface area contributed by atoms with Gasteiger partial charge in [0.25, 0.3) is 0 Å². The molecular formula is C11H17NOS. The Labute approximate surface area is 90.8 Å². The lowest BCUT2D eigenvalue weighted by Crippen LogP contribution is -2.30. The molecule has 14 heavy (non-hydrogen) atoms. The van der Waals surface area contributed by atoms with Crippen molar-refractivity contribution >= 4 is 18.5 Å². The smallest absolute Gasteiger partial charge is 0.223 e. The Kier molecular flexibility index (Phi) is 3.16. The van der Waals surface area contributed by atoms with Crippen LogP contribution in [-0.2, 0) is 4.79 Å². The molecule has 0 aromatic rings. The van der Waals surface area contributed by atoms with Crippen molar-refractivity contribution in [2.45, 2.75) is 43.9 Å². The van der Waals surface area contributed by atoms with Gasteiger partial charge in [0.2, 0.25) is 5.91 Å². The number of hydrogen-bond donors (Lipinski definition) is 1. The van der Waals surface area contributed by atoms with Gasteiger partial charge in [0.05, 0.1) is 5.37 Å². The molecule has 3 heteroatoms. The van der Waals surface area contributed by atoms with Crippen molar-refractivity contribution in [1.29, 1.82) is 0 Å². The van der Waals surface area contributed by atoms with Gasteiger partial charge in [-0.2, -0.15) is 12.6 Å². The Morgan fingerprint density at radius 1 is 1.50 bits per heavy atom. The Bertz CT molecular complexity index is 262. The molecule has 0 spiro atoms.